The van der Waals surface area contributed by atoms with Crippen molar-refractivity contribution in [1.82, 2.24) is 5.23 Å². The van der Waals surface area contributed by atoms with Gasteiger partial charge in [0.25, 0.3) is 0 Å². The normalized spacial score (nSPS) is 12.8. The molecule has 0 aromatic heterocycles. The first kappa shape index (κ1) is 14.2. The molecule has 1 heterocycles. The highest BCUT2D eigenvalue weighted by atomic mass is 35.5. The third kappa shape index (κ3) is 2.69. The number of rotatable bonds is 1. The van der Waals surface area contributed by atoms with E-state index in [1.54, 1.807) is 24.3 Å². The summed E-state index contributed by atoms with van der Waals surface area (Å²) in [5.41, 5.74) is 1.45. The number of carbonyl (C=O) groups is 1. The maximum Gasteiger partial charge on any atom is 0.238 e. The van der Waals surface area contributed by atoms with Gasteiger partial charge in [-0.25, -0.2) is 9.38 Å². The van der Waals surface area contributed by atoms with Crippen molar-refractivity contribution in [3.63, 3.8) is 0 Å². The fraction of sp³-hybridized carbons (Fsp3) is 0. The van der Waals surface area contributed by atoms with Crippen molar-refractivity contribution in [1.29, 1.82) is 0 Å². The molecule has 0 aliphatic carbocycles. The Morgan fingerprint density at radius 1 is 1.24 bits per heavy atom. The lowest BCUT2D eigenvalue weighted by molar-refractivity contribution is 0.0981. The number of nitrogens with zero attached hydrogens (tertiary/aromatic N) is 1. The smallest absolute Gasteiger partial charge is 0.238 e. The molecule has 21 heavy (non-hydrogen) atoms. The summed E-state index contributed by atoms with van der Waals surface area (Å²) in [7, 11) is 5.12. The molecule has 0 saturated carbocycles. The van der Waals surface area contributed by atoms with Crippen LogP contribution in [0.25, 0.3) is 0 Å². The monoisotopic (exact) mass is 316 g/mol. The maximum atomic E-state index is 13.4. The molecule has 0 bridgehead atoms. The second kappa shape index (κ2) is 5.54. The number of amides is 1. The SMILES string of the molecule is [B]NC(=O)c1ccc2c(c1)N=C(Cl)c1cc(F)ccc1S2. The number of aliphatic imine (C=N–C) groups is 1. The van der Waals surface area contributed by atoms with Gasteiger partial charge in [0, 0.05) is 20.9 Å². The van der Waals surface area contributed by atoms with Gasteiger partial charge in [0.05, 0.1) is 5.69 Å². The van der Waals surface area contributed by atoms with Crippen LogP contribution in [0.2, 0.25) is 0 Å². The van der Waals surface area contributed by atoms with E-state index in [1.807, 2.05) is 0 Å². The van der Waals surface area contributed by atoms with Crippen LogP contribution in [0.4, 0.5) is 10.1 Å². The Morgan fingerprint density at radius 3 is 2.76 bits per heavy atom. The largest absolute Gasteiger partial charge is 0.405 e. The van der Waals surface area contributed by atoms with Crippen LogP contribution in [0.15, 0.2) is 51.2 Å². The van der Waals surface area contributed by atoms with Crippen LogP contribution in [0.1, 0.15) is 15.9 Å². The molecule has 0 saturated heterocycles. The number of nitrogens with one attached hydrogen (secondary N) is 1. The third-order valence-corrected chi connectivity index (χ3v) is 4.38. The Morgan fingerprint density at radius 2 is 2.00 bits per heavy atom. The van der Waals surface area contributed by atoms with Crippen LogP contribution in [-0.2, 0) is 0 Å². The molecule has 0 unspecified atom stereocenters. The van der Waals surface area contributed by atoms with Gasteiger partial charge in [-0.15, -0.1) is 0 Å². The number of benzene rings is 2. The van der Waals surface area contributed by atoms with Crippen LogP contribution >= 0.6 is 23.4 Å². The molecule has 7 heteroatoms. The first-order valence-electron chi connectivity index (χ1n) is 5.95. The summed E-state index contributed by atoms with van der Waals surface area (Å²) in [6.45, 7) is 0. The third-order valence-electron chi connectivity index (χ3n) is 2.95. The van der Waals surface area contributed by atoms with E-state index in [0.717, 1.165) is 9.79 Å². The summed E-state index contributed by atoms with van der Waals surface area (Å²) in [5, 5.41) is 2.24. The number of halogens is 2. The van der Waals surface area contributed by atoms with Crippen LogP contribution in [0, 0.1) is 5.82 Å². The summed E-state index contributed by atoms with van der Waals surface area (Å²) >= 11 is 7.58. The fourth-order valence-corrected chi connectivity index (χ4v) is 3.24. The Labute approximate surface area is 131 Å². The number of fused-ring (bicyclic) bond motifs is 2. The second-order valence-corrected chi connectivity index (χ2v) is 5.74. The average molecular weight is 317 g/mol. The standard InChI is InChI=1S/C14H7BClFN2OS/c15-19-14(20)7-1-3-12-10(5-7)18-13(16)9-6-8(17)2-4-11(9)21-12/h1-6H,(H,19,20). The fourth-order valence-electron chi connectivity index (χ4n) is 1.95. The van der Waals surface area contributed by atoms with Crippen molar-refractivity contribution in [2.45, 2.75) is 9.79 Å². The molecule has 3 rings (SSSR count). The molecule has 1 aliphatic rings. The van der Waals surface area contributed by atoms with Crippen molar-refractivity contribution >= 4 is 48.1 Å². The predicted octanol–water partition coefficient (Wildman–Crippen LogP) is 3.42. The van der Waals surface area contributed by atoms with Crippen LogP contribution in [0.3, 0.4) is 0 Å². The molecular formula is C14H7BClFN2OS. The summed E-state index contributed by atoms with van der Waals surface area (Å²) in [4.78, 5) is 17.5. The summed E-state index contributed by atoms with van der Waals surface area (Å²) in [5.74, 6) is -0.793. The lowest BCUT2D eigenvalue weighted by Crippen LogP contribution is -2.19. The zero-order valence-electron chi connectivity index (χ0n) is 10.6. The summed E-state index contributed by atoms with van der Waals surface area (Å²) in [6.07, 6.45) is 0. The predicted molar refractivity (Wildman–Crippen MR) is 82.2 cm³/mol. The van der Waals surface area contributed by atoms with Gasteiger partial charge in [-0.05, 0) is 36.4 Å². The van der Waals surface area contributed by atoms with Gasteiger partial charge in [-0.1, -0.05) is 23.4 Å². The van der Waals surface area contributed by atoms with Crippen molar-refractivity contribution in [3.8, 4) is 0 Å². The van der Waals surface area contributed by atoms with Crippen molar-refractivity contribution in [2.75, 3.05) is 0 Å². The first-order valence-corrected chi connectivity index (χ1v) is 7.15. The molecule has 1 N–H and O–H groups in total. The minimum absolute atomic E-state index is 0.182. The van der Waals surface area contributed by atoms with E-state index in [1.165, 1.54) is 23.9 Å². The van der Waals surface area contributed by atoms with Crippen LogP contribution in [0.5, 0.6) is 0 Å². The van der Waals surface area contributed by atoms with Gasteiger partial charge in [-0.3, -0.25) is 4.79 Å². The van der Waals surface area contributed by atoms with Crippen molar-refractivity contribution in [3.05, 3.63) is 53.3 Å². The van der Waals surface area contributed by atoms with Crippen LogP contribution in [-0.4, -0.2) is 19.1 Å². The number of hydrogen-bond acceptors (Lipinski definition) is 3. The lowest BCUT2D eigenvalue weighted by Gasteiger charge is -2.06. The van der Waals surface area contributed by atoms with Crippen molar-refractivity contribution < 1.29 is 9.18 Å². The zero-order valence-corrected chi connectivity index (χ0v) is 12.1. The molecule has 2 aromatic rings. The highest BCUT2D eigenvalue weighted by Crippen LogP contribution is 2.41. The highest BCUT2D eigenvalue weighted by Gasteiger charge is 2.18. The van der Waals surface area contributed by atoms with E-state index in [-0.39, 0.29) is 11.0 Å². The molecule has 102 valence electrons. The van der Waals surface area contributed by atoms with Gasteiger partial charge in [0.2, 0.25) is 13.9 Å². The Hall–Kier alpha value is -1.79. The molecule has 3 nitrogen and oxygen atoms in total. The maximum absolute atomic E-state index is 13.4. The molecule has 2 aromatic carbocycles. The van der Waals surface area contributed by atoms with Crippen LogP contribution < -0.4 is 5.23 Å². The van der Waals surface area contributed by atoms with E-state index < -0.39 is 5.91 Å². The number of hydrogen-bond donors (Lipinski definition) is 1. The molecule has 0 fully saturated rings. The van der Waals surface area contributed by atoms with E-state index in [4.69, 9.17) is 19.6 Å². The van der Waals surface area contributed by atoms with Gasteiger partial charge in [0.1, 0.15) is 11.0 Å². The quantitative estimate of drug-likeness (QED) is 0.819. The van der Waals surface area contributed by atoms with Crippen molar-refractivity contribution in [2.24, 2.45) is 4.99 Å². The lowest BCUT2D eigenvalue weighted by atomic mass is 10.1. The minimum atomic E-state index is -0.415. The minimum Gasteiger partial charge on any atom is -0.405 e. The van der Waals surface area contributed by atoms with Gasteiger partial charge < -0.3 is 5.23 Å². The van der Waals surface area contributed by atoms with E-state index in [2.05, 4.69) is 10.2 Å². The molecule has 0 atom stereocenters. The van der Waals surface area contributed by atoms with Gasteiger partial charge in [-0.2, -0.15) is 0 Å². The Balaban J connectivity index is 2.13. The topological polar surface area (TPSA) is 41.5 Å². The van der Waals surface area contributed by atoms with Gasteiger partial charge >= 0.3 is 0 Å². The van der Waals surface area contributed by atoms with E-state index in [0.29, 0.717) is 16.8 Å². The van der Waals surface area contributed by atoms with Gasteiger partial charge in [0.15, 0.2) is 0 Å². The molecule has 2 radical (unpaired) electrons. The Bertz CT molecular complexity index is 782. The second-order valence-electron chi connectivity index (χ2n) is 4.30. The Kier molecular flexibility index (Phi) is 3.74. The highest BCUT2D eigenvalue weighted by molar-refractivity contribution is 7.99. The molecule has 0 spiro atoms. The molecule has 1 aliphatic heterocycles. The number of carbonyl (C=O) groups excluding carboxylic acids is 1. The average Bonchev–Trinajstić information content (AvgIpc) is 2.62. The first-order chi connectivity index (χ1) is 10.1. The van der Waals surface area contributed by atoms with E-state index >= 15 is 0 Å². The summed E-state index contributed by atoms with van der Waals surface area (Å²) in [6, 6.07) is 9.37. The van der Waals surface area contributed by atoms with E-state index in [9.17, 15) is 9.18 Å². The summed E-state index contributed by atoms with van der Waals surface area (Å²) < 4.78 is 13.4. The molecular weight excluding hydrogens is 309 g/mol. The molecule has 1 amide bonds. The zero-order chi connectivity index (χ0) is 15.0.